The van der Waals surface area contributed by atoms with Gasteiger partial charge in [0.2, 0.25) is 11.8 Å². The van der Waals surface area contributed by atoms with Crippen molar-refractivity contribution in [2.24, 2.45) is 52.9 Å². The Bertz CT molecular complexity index is 1460. The SMILES string of the molecule is CC1CCCCC1N(N)C(=O)N(N)C1CCC(CC(=O)C(C)(C)NC2CCC3C(C2)C(=O)N([C@@H](CC(=O)ON)C(=O)N(N)N)CC(=O)N3CCC(=O)ON)CC1. The van der Waals surface area contributed by atoms with Crippen LogP contribution in [0.1, 0.15) is 111 Å². The highest BCUT2D eigenvalue weighted by atomic mass is 16.7. The van der Waals surface area contributed by atoms with E-state index in [0.29, 0.717) is 50.9 Å². The molecule has 3 saturated carbocycles. The number of Topliss-reactive ketones (excluding diaryl/α,β-unsaturated/α-hetero) is 1. The van der Waals surface area contributed by atoms with Crippen molar-refractivity contribution in [3.8, 4) is 0 Å². The quantitative estimate of drug-likeness (QED) is 0.0610. The van der Waals surface area contributed by atoms with Crippen molar-refractivity contribution in [2.75, 3.05) is 13.1 Å². The van der Waals surface area contributed by atoms with Crippen LogP contribution in [-0.2, 0) is 38.4 Å². The number of carbonyl (C=O) groups excluding carboxylic acids is 7. The van der Waals surface area contributed by atoms with E-state index in [0.717, 1.165) is 30.6 Å². The molecule has 0 aromatic carbocycles. The van der Waals surface area contributed by atoms with Crippen molar-refractivity contribution in [1.82, 2.24) is 30.3 Å². The summed E-state index contributed by atoms with van der Waals surface area (Å²) in [6.07, 6.45) is 6.99. The van der Waals surface area contributed by atoms with Gasteiger partial charge >= 0.3 is 18.0 Å². The molecule has 0 radical (unpaired) electrons. The third-order valence-corrected chi connectivity index (χ3v) is 12.3. The number of nitrogens with zero attached hydrogens (tertiary/aromatic N) is 5. The molecule has 0 aromatic rings. The Hall–Kier alpha value is -3.99. The largest absolute Gasteiger partial charge is 0.373 e. The van der Waals surface area contributed by atoms with E-state index in [1.54, 1.807) is 13.8 Å². The molecule has 1 aliphatic heterocycles. The van der Waals surface area contributed by atoms with Crippen molar-refractivity contribution >= 4 is 41.5 Å². The minimum atomic E-state index is -1.62. The summed E-state index contributed by atoms with van der Waals surface area (Å²) < 4.78 is 0. The number of hydrazine groups is 4. The second-order valence-corrected chi connectivity index (χ2v) is 16.4. The van der Waals surface area contributed by atoms with Crippen LogP contribution in [-0.4, -0.2) is 115 Å². The molecule has 0 spiro atoms. The molecule has 0 aromatic heterocycles. The molecule has 4 rings (SSSR count). The standard InChI is InChI=1S/C35H62N12O9/c1-20-6-4-5-7-25(20)46(37)34(54)45(36)23-11-8-21(9-12-23)16-28(48)35(2,3)42-22-10-13-26-24(17-22)32(52)44(19-29(49)43(26)15-14-30(50)55-40)27(18-31(51)56-41)33(53)47(38)39/h20-27,42H,4-19,36-41H2,1-3H3/t20?,21?,22?,23?,24?,25?,26?,27-/m0/s1. The molecule has 1 heterocycles. The summed E-state index contributed by atoms with van der Waals surface area (Å²) in [7, 11) is 0. The van der Waals surface area contributed by atoms with Gasteiger partial charge in [0, 0.05) is 31.1 Å². The minimum absolute atomic E-state index is 0.0222. The third-order valence-electron chi connectivity index (χ3n) is 12.3. The van der Waals surface area contributed by atoms with Gasteiger partial charge in [0.25, 0.3) is 5.91 Å². The molecule has 0 bridgehead atoms. The average molecular weight is 795 g/mol. The van der Waals surface area contributed by atoms with Crippen LogP contribution >= 0.6 is 0 Å². The molecule has 3 aliphatic carbocycles. The molecule has 13 N–H and O–H groups in total. The Labute approximate surface area is 327 Å². The lowest BCUT2D eigenvalue weighted by atomic mass is 9.77. The van der Waals surface area contributed by atoms with Gasteiger partial charge in [-0.05, 0) is 83.5 Å². The molecule has 4 fully saturated rings. The highest BCUT2D eigenvalue weighted by molar-refractivity contribution is 5.95. The Morgan fingerprint density at radius 2 is 1.52 bits per heavy atom. The number of rotatable bonds is 14. The van der Waals surface area contributed by atoms with Crippen molar-refractivity contribution in [2.45, 2.75) is 146 Å². The predicted octanol–water partition coefficient (Wildman–Crippen LogP) is -1.31. The van der Waals surface area contributed by atoms with E-state index in [9.17, 15) is 33.6 Å². The zero-order chi connectivity index (χ0) is 41.5. The van der Waals surface area contributed by atoms with Crippen LogP contribution in [0.15, 0.2) is 0 Å². The summed E-state index contributed by atoms with van der Waals surface area (Å²) in [5, 5.41) is 6.23. The first-order valence-corrected chi connectivity index (χ1v) is 19.5. The smallest absolute Gasteiger partial charge is 0.348 e. The highest BCUT2D eigenvalue weighted by Crippen LogP contribution is 2.36. The van der Waals surface area contributed by atoms with Crippen molar-refractivity contribution < 1.29 is 43.2 Å². The van der Waals surface area contributed by atoms with Crippen LogP contribution < -0.4 is 40.5 Å². The summed E-state index contributed by atoms with van der Waals surface area (Å²) >= 11 is 0. The number of hydrogen-bond acceptors (Lipinski definition) is 16. The molecule has 21 heteroatoms. The topological polar surface area (TPSA) is 322 Å². The Morgan fingerprint density at radius 1 is 0.875 bits per heavy atom. The first kappa shape index (κ1) is 44.7. The van der Waals surface area contributed by atoms with Gasteiger partial charge in [0.15, 0.2) is 5.78 Å². The summed E-state index contributed by atoms with van der Waals surface area (Å²) in [6, 6.07) is -3.28. The monoisotopic (exact) mass is 794 g/mol. The van der Waals surface area contributed by atoms with Crippen LogP contribution in [0.5, 0.6) is 0 Å². The molecule has 4 aliphatic rings. The van der Waals surface area contributed by atoms with Gasteiger partial charge in [-0.1, -0.05) is 19.8 Å². The zero-order valence-corrected chi connectivity index (χ0v) is 32.8. The Morgan fingerprint density at radius 3 is 2.12 bits per heavy atom. The van der Waals surface area contributed by atoms with Crippen molar-refractivity contribution in [3.05, 3.63) is 0 Å². The summed E-state index contributed by atoms with van der Waals surface area (Å²) in [5.74, 6) is 29.0. The highest BCUT2D eigenvalue weighted by Gasteiger charge is 2.49. The number of fused-ring (bicyclic) bond motifs is 1. The molecule has 1 saturated heterocycles. The fourth-order valence-corrected chi connectivity index (χ4v) is 9.05. The van der Waals surface area contributed by atoms with Gasteiger partial charge in [-0.3, -0.25) is 38.8 Å². The van der Waals surface area contributed by atoms with Gasteiger partial charge < -0.3 is 24.8 Å². The van der Waals surface area contributed by atoms with E-state index in [2.05, 4.69) is 21.9 Å². The second-order valence-electron chi connectivity index (χ2n) is 16.4. The van der Waals surface area contributed by atoms with Crippen molar-refractivity contribution in [3.63, 3.8) is 0 Å². The van der Waals surface area contributed by atoms with Crippen LogP contribution in [0.4, 0.5) is 4.79 Å². The van der Waals surface area contributed by atoms with Crippen LogP contribution in [0.2, 0.25) is 0 Å². The van der Waals surface area contributed by atoms with Gasteiger partial charge in [0.05, 0.1) is 30.3 Å². The van der Waals surface area contributed by atoms with E-state index in [1.807, 2.05) is 0 Å². The lowest BCUT2D eigenvalue weighted by Gasteiger charge is -2.43. The zero-order valence-electron chi connectivity index (χ0n) is 32.8. The molecule has 316 valence electrons. The Kier molecular flexibility index (Phi) is 15.5. The van der Waals surface area contributed by atoms with Crippen LogP contribution in [0.3, 0.4) is 0 Å². The maximum atomic E-state index is 14.3. The number of nitrogens with one attached hydrogen (secondary N) is 1. The molecular formula is C35H62N12O9. The van der Waals surface area contributed by atoms with Crippen LogP contribution in [0.25, 0.3) is 0 Å². The summed E-state index contributed by atoms with van der Waals surface area (Å²) in [6.45, 7) is 4.93. The maximum absolute atomic E-state index is 14.3. The van der Waals surface area contributed by atoms with E-state index < -0.39 is 66.2 Å². The van der Waals surface area contributed by atoms with E-state index in [1.165, 1.54) is 14.9 Å². The number of hydrogen-bond donors (Lipinski definition) is 7. The summed E-state index contributed by atoms with van der Waals surface area (Å²) in [5.41, 5.74) is -1.00. The van der Waals surface area contributed by atoms with Gasteiger partial charge in [0.1, 0.15) is 12.6 Å². The minimum Gasteiger partial charge on any atom is -0.373 e. The molecule has 6 atom stereocenters. The number of ketones is 1. The molecule has 21 nitrogen and oxygen atoms in total. The van der Waals surface area contributed by atoms with Gasteiger partial charge in [-0.15, -0.1) is 0 Å². The molecular weight excluding hydrogens is 732 g/mol. The van der Waals surface area contributed by atoms with Crippen molar-refractivity contribution in [1.29, 1.82) is 0 Å². The lowest BCUT2D eigenvalue weighted by molar-refractivity contribution is -0.156. The third kappa shape index (κ3) is 10.7. The molecule has 5 unspecified atom stereocenters. The second kappa shape index (κ2) is 19.4. The normalized spacial score (nSPS) is 27.7. The van der Waals surface area contributed by atoms with E-state index in [4.69, 9.17) is 35.2 Å². The first-order valence-electron chi connectivity index (χ1n) is 19.5. The van der Waals surface area contributed by atoms with E-state index >= 15 is 0 Å². The average Bonchev–Trinajstić information content (AvgIpc) is 3.27. The lowest BCUT2D eigenvalue weighted by Crippen LogP contribution is -2.59. The summed E-state index contributed by atoms with van der Waals surface area (Å²) in [4.78, 5) is 103. The molecule has 56 heavy (non-hydrogen) atoms. The number of carbonyl (C=O) groups is 7. The number of urea groups is 1. The molecule has 5 amide bonds. The number of nitrogens with two attached hydrogens (primary N) is 6. The van der Waals surface area contributed by atoms with Gasteiger partial charge in [-0.25, -0.2) is 33.3 Å². The maximum Gasteiger partial charge on any atom is 0.348 e. The predicted molar refractivity (Wildman–Crippen MR) is 199 cm³/mol. The Balaban J connectivity index is 1.42. The van der Waals surface area contributed by atoms with Crippen LogP contribution in [0, 0.1) is 17.8 Å². The first-order chi connectivity index (χ1) is 26.4. The number of amides is 5. The fourth-order valence-electron chi connectivity index (χ4n) is 9.05. The fraction of sp³-hybridized carbons (Fsp3) is 0.800. The van der Waals surface area contributed by atoms with E-state index in [-0.39, 0.29) is 60.4 Å². The van der Waals surface area contributed by atoms with Gasteiger partial charge in [-0.2, -0.15) is 11.8 Å².